The first-order valence-corrected chi connectivity index (χ1v) is 9.36. The number of halogens is 1. The van der Waals surface area contributed by atoms with Crippen LogP contribution in [0.25, 0.3) is 10.7 Å². The molecular formula is C17H25ClN4O2S. The molecule has 0 spiro atoms. The number of amides is 1. The van der Waals surface area contributed by atoms with Gasteiger partial charge in [-0.1, -0.05) is 18.1 Å². The lowest BCUT2D eigenvalue weighted by atomic mass is 9.81. The van der Waals surface area contributed by atoms with Gasteiger partial charge in [0, 0.05) is 19.4 Å². The van der Waals surface area contributed by atoms with E-state index in [0.29, 0.717) is 24.6 Å². The summed E-state index contributed by atoms with van der Waals surface area (Å²) in [6.07, 6.45) is 4.07. The molecule has 0 unspecified atom stereocenters. The summed E-state index contributed by atoms with van der Waals surface area (Å²) in [4.78, 5) is 17.4. The van der Waals surface area contributed by atoms with Crippen molar-refractivity contribution in [2.24, 2.45) is 5.41 Å². The molecule has 1 fully saturated rings. The molecule has 2 aromatic rings. The first-order valence-electron chi connectivity index (χ1n) is 8.49. The van der Waals surface area contributed by atoms with Gasteiger partial charge < -0.3 is 15.2 Å². The molecule has 25 heavy (non-hydrogen) atoms. The fraction of sp³-hybridized carbons (Fsp3) is 0.588. The Morgan fingerprint density at radius 3 is 2.96 bits per heavy atom. The Morgan fingerprint density at radius 1 is 1.44 bits per heavy atom. The first-order chi connectivity index (χ1) is 11.6. The first kappa shape index (κ1) is 19.9. The van der Waals surface area contributed by atoms with Gasteiger partial charge in [-0.25, -0.2) is 0 Å². The molecule has 3 rings (SSSR count). The summed E-state index contributed by atoms with van der Waals surface area (Å²) in [5, 5.41) is 12.4. The highest BCUT2D eigenvalue weighted by Crippen LogP contribution is 2.26. The second-order valence-electron chi connectivity index (χ2n) is 6.68. The number of nitrogens with zero attached hydrogens (tertiary/aromatic N) is 2. The van der Waals surface area contributed by atoms with Gasteiger partial charge in [0.1, 0.15) is 0 Å². The third-order valence-electron chi connectivity index (χ3n) is 4.53. The van der Waals surface area contributed by atoms with Gasteiger partial charge in [0.15, 0.2) is 0 Å². The maximum Gasteiger partial charge on any atom is 0.226 e. The number of hydrogen-bond donors (Lipinski definition) is 2. The molecule has 0 bridgehead atoms. The fourth-order valence-corrected chi connectivity index (χ4v) is 3.52. The molecule has 0 aliphatic carbocycles. The van der Waals surface area contributed by atoms with Crippen LogP contribution in [0, 0.1) is 5.41 Å². The van der Waals surface area contributed by atoms with Crippen molar-refractivity contribution in [3.8, 4) is 10.7 Å². The van der Waals surface area contributed by atoms with Crippen LogP contribution in [0.2, 0.25) is 0 Å². The molecule has 2 aromatic heterocycles. The van der Waals surface area contributed by atoms with Crippen LogP contribution in [0.4, 0.5) is 0 Å². The normalized spacial score (nSPS) is 16.2. The van der Waals surface area contributed by atoms with E-state index in [1.807, 2.05) is 17.5 Å². The van der Waals surface area contributed by atoms with Crippen LogP contribution < -0.4 is 10.6 Å². The highest BCUT2D eigenvalue weighted by molar-refractivity contribution is 7.13. The van der Waals surface area contributed by atoms with Gasteiger partial charge in [0.05, 0.1) is 4.88 Å². The standard InChI is InChI=1S/C17H24N4O2S.ClH/c1-17(7-9-18-10-8-17)12-19-14(22)5-2-6-15-20-16(21-23-15)13-4-3-11-24-13;/h3-4,11,18H,2,5-10,12H2,1H3,(H,19,22);1H. The van der Waals surface area contributed by atoms with Gasteiger partial charge in [0.2, 0.25) is 17.6 Å². The summed E-state index contributed by atoms with van der Waals surface area (Å²) >= 11 is 1.58. The molecule has 1 aliphatic rings. The number of rotatable bonds is 7. The van der Waals surface area contributed by atoms with E-state index in [1.54, 1.807) is 11.3 Å². The molecule has 6 nitrogen and oxygen atoms in total. The number of nitrogens with one attached hydrogen (secondary N) is 2. The monoisotopic (exact) mass is 384 g/mol. The Morgan fingerprint density at radius 2 is 2.24 bits per heavy atom. The molecule has 0 aromatic carbocycles. The predicted molar refractivity (Wildman–Crippen MR) is 101 cm³/mol. The maximum atomic E-state index is 12.0. The Bertz CT molecular complexity index is 653. The molecule has 1 aliphatic heterocycles. The van der Waals surface area contributed by atoms with Crippen molar-refractivity contribution in [3.05, 3.63) is 23.4 Å². The van der Waals surface area contributed by atoms with Gasteiger partial charge in [-0.2, -0.15) is 4.98 Å². The molecule has 2 N–H and O–H groups in total. The van der Waals surface area contributed by atoms with Crippen molar-refractivity contribution < 1.29 is 9.32 Å². The topological polar surface area (TPSA) is 80.1 Å². The van der Waals surface area contributed by atoms with Crippen LogP contribution in [0.15, 0.2) is 22.0 Å². The number of carbonyl (C=O) groups excluding carboxylic acids is 1. The Hall–Kier alpha value is -1.44. The van der Waals surface area contributed by atoms with Crippen molar-refractivity contribution >= 4 is 29.7 Å². The van der Waals surface area contributed by atoms with Gasteiger partial charge in [-0.3, -0.25) is 4.79 Å². The SMILES string of the molecule is CC1(CNC(=O)CCCc2nc(-c3cccs3)no2)CCNCC1.Cl. The summed E-state index contributed by atoms with van der Waals surface area (Å²) < 4.78 is 5.25. The van der Waals surface area contributed by atoms with Crippen LogP contribution in [-0.4, -0.2) is 35.7 Å². The van der Waals surface area contributed by atoms with E-state index >= 15 is 0 Å². The lowest BCUT2D eigenvalue weighted by Gasteiger charge is -2.34. The second kappa shape index (κ2) is 9.31. The van der Waals surface area contributed by atoms with Crippen molar-refractivity contribution in [3.63, 3.8) is 0 Å². The molecule has 0 radical (unpaired) electrons. The number of thiophene rings is 1. The number of carbonyl (C=O) groups is 1. The quantitative estimate of drug-likeness (QED) is 0.766. The average molecular weight is 385 g/mol. The molecule has 3 heterocycles. The minimum absolute atomic E-state index is 0. The summed E-state index contributed by atoms with van der Waals surface area (Å²) in [6.45, 7) is 5.08. The summed E-state index contributed by atoms with van der Waals surface area (Å²) in [5.41, 5.74) is 0.225. The van der Waals surface area contributed by atoms with Crippen LogP contribution in [0.1, 0.15) is 38.5 Å². The lowest BCUT2D eigenvalue weighted by molar-refractivity contribution is -0.121. The molecule has 1 amide bonds. The third kappa shape index (κ3) is 5.80. The molecule has 1 saturated heterocycles. The summed E-state index contributed by atoms with van der Waals surface area (Å²) in [7, 11) is 0. The molecule has 138 valence electrons. The van der Waals surface area contributed by atoms with Gasteiger partial charge in [0.25, 0.3) is 0 Å². The minimum Gasteiger partial charge on any atom is -0.356 e. The Labute approximate surface area is 158 Å². The Kier molecular flexibility index (Phi) is 7.40. The van der Waals surface area contributed by atoms with E-state index in [9.17, 15) is 4.79 Å². The van der Waals surface area contributed by atoms with Crippen molar-refractivity contribution in [2.75, 3.05) is 19.6 Å². The van der Waals surface area contributed by atoms with Gasteiger partial charge >= 0.3 is 0 Å². The lowest BCUT2D eigenvalue weighted by Crippen LogP contribution is -2.42. The zero-order valence-corrected chi connectivity index (χ0v) is 16.0. The van der Waals surface area contributed by atoms with Crippen molar-refractivity contribution in [2.45, 2.75) is 39.0 Å². The number of piperidine rings is 1. The van der Waals surface area contributed by atoms with Crippen molar-refractivity contribution in [1.82, 2.24) is 20.8 Å². The molecule has 0 atom stereocenters. The zero-order chi connectivity index (χ0) is 16.8. The van der Waals surface area contributed by atoms with E-state index in [-0.39, 0.29) is 23.7 Å². The number of aromatic nitrogens is 2. The second-order valence-corrected chi connectivity index (χ2v) is 7.63. The van der Waals surface area contributed by atoms with E-state index in [4.69, 9.17) is 4.52 Å². The molecule has 0 saturated carbocycles. The van der Waals surface area contributed by atoms with Crippen LogP contribution in [0.5, 0.6) is 0 Å². The minimum atomic E-state index is 0. The number of hydrogen-bond acceptors (Lipinski definition) is 6. The smallest absolute Gasteiger partial charge is 0.226 e. The van der Waals surface area contributed by atoms with Crippen LogP contribution in [0.3, 0.4) is 0 Å². The summed E-state index contributed by atoms with van der Waals surface area (Å²) in [6, 6.07) is 3.93. The Balaban J connectivity index is 0.00000225. The van der Waals surface area contributed by atoms with E-state index in [0.717, 1.165) is 43.8 Å². The largest absolute Gasteiger partial charge is 0.356 e. The highest BCUT2D eigenvalue weighted by atomic mass is 35.5. The zero-order valence-electron chi connectivity index (χ0n) is 14.4. The average Bonchev–Trinajstić information content (AvgIpc) is 3.25. The number of aryl methyl sites for hydroxylation is 1. The summed E-state index contributed by atoms with van der Waals surface area (Å²) in [5.74, 6) is 1.33. The fourth-order valence-electron chi connectivity index (χ4n) is 2.87. The third-order valence-corrected chi connectivity index (χ3v) is 5.39. The molecule has 8 heteroatoms. The van der Waals surface area contributed by atoms with Gasteiger partial charge in [-0.05, 0) is 49.2 Å². The van der Waals surface area contributed by atoms with Crippen LogP contribution >= 0.6 is 23.7 Å². The maximum absolute atomic E-state index is 12.0. The predicted octanol–water partition coefficient (Wildman–Crippen LogP) is 3.05. The van der Waals surface area contributed by atoms with Crippen LogP contribution in [-0.2, 0) is 11.2 Å². The van der Waals surface area contributed by atoms with Crippen molar-refractivity contribution in [1.29, 1.82) is 0 Å². The van der Waals surface area contributed by atoms with Gasteiger partial charge in [-0.15, -0.1) is 23.7 Å². The van der Waals surface area contributed by atoms with E-state index in [2.05, 4.69) is 27.7 Å². The van der Waals surface area contributed by atoms with E-state index in [1.165, 1.54) is 0 Å². The van der Waals surface area contributed by atoms with E-state index < -0.39 is 0 Å². The molecular weight excluding hydrogens is 360 g/mol. The highest BCUT2D eigenvalue weighted by Gasteiger charge is 2.26.